The fraction of sp³-hybridized carbons (Fsp3) is 0.833. The number of carboxylic acid groups (broad SMARTS) is 1. The molecule has 6 nitrogen and oxygen atoms in total. The van der Waals surface area contributed by atoms with Crippen LogP contribution in [0.3, 0.4) is 0 Å². The van der Waals surface area contributed by atoms with Crippen LogP contribution >= 0.6 is 0 Å². The Morgan fingerprint density at radius 3 is 2.89 bits per heavy atom. The van der Waals surface area contributed by atoms with Gasteiger partial charge in [-0.1, -0.05) is 6.92 Å². The second-order valence-corrected chi connectivity index (χ2v) is 4.83. The molecule has 1 fully saturated rings. The summed E-state index contributed by atoms with van der Waals surface area (Å²) in [5.41, 5.74) is 0. The number of carbonyl (C=O) groups excluding carboxylic acids is 1. The predicted octanol–water partition coefficient (Wildman–Crippen LogP) is 0.775. The SMILES string of the molecule is COCC1CCCN(C(=O)NCC(C)C(=O)O)C1. The average Bonchev–Trinajstić information content (AvgIpc) is 2.36. The third kappa shape index (κ3) is 4.52. The number of methoxy groups -OCH3 is 1. The molecule has 0 saturated carbocycles. The van der Waals surface area contributed by atoms with E-state index in [0.717, 1.165) is 19.4 Å². The molecule has 0 aromatic carbocycles. The van der Waals surface area contributed by atoms with Crippen molar-refractivity contribution in [2.75, 3.05) is 33.4 Å². The molecule has 104 valence electrons. The first-order valence-corrected chi connectivity index (χ1v) is 6.29. The Morgan fingerprint density at radius 2 is 2.28 bits per heavy atom. The Kier molecular flexibility index (Phi) is 5.91. The number of carboxylic acids is 1. The summed E-state index contributed by atoms with van der Waals surface area (Å²) in [6.07, 6.45) is 2.04. The zero-order valence-electron chi connectivity index (χ0n) is 11.0. The van der Waals surface area contributed by atoms with Crippen LogP contribution in [-0.2, 0) is 9.53 Å². The van der Waals surface area contributed by atoms with Crippen molar-refractivity contribution in [3.63, 3.8) is 0 Å². The number of carbonyl (C=O) groups is 2. The topological polar surface area (TPSA) is 78.9 Å². The first kappa shape index (κ1) is 14.8. The maximum absolute atomic E-state index is 11.9. The van der Waals surface area contributed by atoms with Gasteiger partial charge in [0.25, 0.3) is 0 Å². The van der Waals surface area contributed by atoms with Crippen LogP contribution in [-0.4, -0.2) is 55.4 Å². The maximum atomic E-state index is 11.9. The minimum atomic E-state index is -0.897. The summed E-state index contributed by atoms with van der Waals surface area (Å²) in [5.74, 6) is -1.08. The van der Waals surface area contributed by atoms with Crippen molar-refractivity contribution < 1.29 is 19.4 Å². The number of likely N-dealkylation sites (tertiary alicyclic amines) is 1. The second kappa shape index (κ2) is 7.20. The first-order chi connectivity index (χ1) is 8.54. The quantitative estimate of drug-likeness (QED) is 0.763. The molecule has 0 aromatic heterocycles. The van der Waals surface area contributed by atoms with E-state index in [1.54, 1.807) is 18.9 Å². The molecule has 1 saturated heterocycles. The van der Waals surface area contributed by atoms with E-state index in [-0.39, 0.29) is 12.6 Å². The molecule has 2 unspecified atom stereocenters. The molecule has 2 N–H and O–H groups in total. The number of ether oxygens (including phenoxy) is 1. The van der Waals surface area contributed by atoms with Crippen LogP contribution in [0.5, 0.6) is 0 Å². The highest BCUT2D eigenvalue weighted by molar-refractivity contribution is 5.76. The van der Waals surface area contributed by atoms with Crippen LogP contribution in [0.1, 0.15) is 19.8 Å². The van der Waals surface area contributed by atoms with Gasteiger partial charge in [0.2, 0.25) is 0 Å². The minimum Gasteiger partial charge on any atom is -0.481 e. The maximum Gasteiger partial charge on any atom is 0.317 e. The van der Waals surface area contributed by atoms with E-state index in [2.05, 4.69) is 5.32 Å². The number of hydrogen-bond acceptors (Lipinski definition) is 3. The Balaban J connectivity index is 2.34. The minimum absolute atomic E-state index is 0.166. The Morgan fingerprint density at radius 1 is 1.56 bits per heavy atom. The summed E-state index contributed by atoms with van der Waals surface area (Å²) in [4.78, 5) is 24.2. The standard InChI is InChI=1S/C12H22N2O4/c1-9(11(15)16)6-13-12(17)14-5-3-4-10(7-14)8-18-2/h9-10H,3-8H2,1-2H3,(H,13,17)(H,15,16). The zero-order valence-corrected chi connectivity index (χ0v) is 11.0. The Hall–Kier alpha value is -1.30. The molecule has 0 radical (unpaired) electrons. The molecule has 6 heteroatoms. The monoisotopic (exact) mass is 258 g/mol. The number of nitrogens with zero attached hydrogens (tertiary/aromatic N) is 1. The van der Waals surface area contributed by atoms with Crippen LogP contribution < -0.4 is 5.32 Å². The lowest BCUT2D eigenvalue weighted by molar-refractivity contribution is -0.140. The third-order valence-corrected chi connectivity index (χ3v) is 3.19. The van der Waals surface area contributed by atoms with E-state index >= 15 is 0 Å². The van der Waals surface area contributed by atoms with E-state index in [1.807, 2.05) is 0 Å². The van der Waals surface area contributed by atoms with E-state index < -0.39 is 11.9 Å². The van der Waals surface area contributed by atoms with Gasteiger partial charge in [0, 0.05) is 32.7 Å². The fourth-order valence-corrected chi connectivity index (χ4v) is 2.06. The summed E-state index contributed by atoms with van der Waals surface area (Å²) in [7, 11) is 1.66. The van der Waals surface area contributed by atoms with Crippen molar-refractivity contribution in [3.8, 4) is 0 Å². The highest BCUT2D eigenvalue weighted by Gasteiger charge is 2.24. The number of nitrogens with one attached hydrogen (secondary N) is 1. The Bertz CT molecular complexity index is 294. The van der Waals surface area contributed by atoms with Gasteiger partial charge in [0.15, 0.2) is 0 Å². The van der Waals surface area contributed by atoms with Gasteiger partial charge in [-0.15, -0.1) is 0 Å². The highest BCUT2D eigenvalue weighted by atomic mass is 16.5. The lowest BCUT2D eigenvalue weighted by atomic mass is 9.99. The van der Waals surface area contributed by atoms with Crippen LogP contribution in [0.2, 0.25) is 0 Å². The van der Waals surface area contributed by atoms with Gasteiger partial charge in [-0.3, -0.25) is 4.79 Å². The van der Waals surface area contributed by atoms with Crippen molar-refractivity contribution in [1.82, 2.24) is 10.2 Å². The summed E-state index contributed by atoms with van der Waals surface area (Å²) in [5, 5.41) is 11.4. The first-order valence-electron chi connectivity index (χ1n) is 6.29. The van der Waals surface area contributed by atoms with Crippen LogP contribution in [0, 0.1) is 11.8 Å². The lowest BCUT2D eigenvalue weighted by Gasteiger charge is -2.32. The molecule has 0 bridgehead atoms. The van der Waals surface area contributed by atoms with E-state index in [1.165, 1.54) is 0 Å². The van der Waals surface area contributed by atoms with Crippen LogP contribution in [0.15, 0.2) is 0 Å². The molecule has 2 atom stereocenters. The number of piperidine rings is 1. The number of hydrogen-bond donors (Lipinski definition) is 2. The van der Waals surface area contributed by atoms with E-state index in [4.69, 9.17) is 9.84 Å². The van der Waals surface area contributed by atoms with Crippen molar-refractivity contribution >= 4 is 12.0 Å². The third-order valence-electron chi connectivity index (χ3n) is 3.19. The van der Waals surface area contributed by atoms with E-state index in [9.17, 15) is 9.59 Å². The van der Waals surface area contributed by atoms with Crippen LogP contribution in [0.25, 0.3) is 0 Å². The zero-order chi connectivity index (χ0) is 13.5. The molecular weight excluding hydrogens is 236 g/mol. The van der Waals surface area contributed by atoms with Crippen molar-refractivity contribution in [2.24, 2.45) is 11.8 Å². The van der Waals surface area contributed by atoms with Crippen molar-refractivity contribution in [1.29, 1.82) is 0 Å². The average molecular weight is 258 g/mol. The molecule has 0 aliphatic carbocycles. The molecule has 18 heavy (non-hydrogen) atoms. The molecular formula is C12H22N2O4. The van der Waals surface area contributed by atoms with Crippen molar-refractivity contribution in [2.45, 2.75) is 19.8 Å². The molecule has 1 aliphatic heterocycles. The normalized spacial score (nSPS) is 21.4. The summed E-state index contributed by atoms with van der Waals surface area (Å²) >= 11 is 0. The fourth-order valence-electron chi connectivity index (χ4n) is 2.06. The van der Waals surface area contributed by atoms with Gasteiger partial charge >= 0.3 is 12.0 Å². The lowest BCUT2D eigenvalue weighted by Crippen LogP contribution is -2.47. The number of aliphatic carboxylic acids is 1. The molecule has 1 rings (SSSR count). The summed E-state index contributed by atoms with van der Waals surface area (Å²) in [6.45, 7) is 3.82. The van der Waals surface area contributed by atoms with Gasteiger partial charge in [-0.2, -0.15) is 0 Å². The van der Waals surface area contributed by atoms with Gasteiger partial charge in [0.1, 0.15) is 0 Å². The number of urea groups is 1. The molecule has 1 heterocycles. The largest absolute Gasteiger partial charge is 0.481 e. The van der Waals surface area contributed by atoms with Gasteiger partial charge in [-0.05, 0) is 12.8 Å². The van der Waals surface area contributed by atoms with Gasteiger partial charge in [-0.25, -0.2) is 4.79 Å². The van der Waals surface area contributed by atoms with E-state index in [0.29, 0.717) is 19.1 Å². The number of amides is 2. The highest BCUT2D eigenvalue weighted by Crippen LogP contribution is 2.16. The predicted molar refractivity (Wildman–Crippen MR) is 66.4 cm³/mol. The van der Waals surface area contributed by atoms with Gasteiger partial charge < -0.3 is 20.1 Å². The molecule has 0 spiro atoms. The van der Waals surface area contributed by atoms with Crippen molar-refractivity contribution in [3.05, 3.63) is 0 Å². The molecule has 1 aliphatic rings. The second-order valence-electron chi connectivity index (χ2n) is 4.83. The van der Waals surface area contributed by atoms with Crippen LogP contribution in [0.4, 0.5) is 4.79 Å². The molecule has 0 aromatic rings. The number of rotatable bonds is 5. The Labute approximate surface area is 107 Å². The summed E-state index contributed by atoms with van der Waals surface area (Å²) in [6, 6.07) is -0.177. The summed E-state index contributed by atoms with van der Waals surface area (Å²) < 4.78 is 5.10. The van der Waals surface area contributed by atoms with Gasteiger partial charge in [0.05, 0.1) is 12.5 Å². The smallest absolute Gasteiger partial charge is 0.317 e. The molecule has 2 amide bonds.